The molecule has 76 valence electrons. The number of fused-ring (bicyclic) bond motifs is 1. The molecule has 0 saturated carbocycles. The van der Waals surface area contributed by atoms with Gasteiger partial charge in [0.05, 0.1) is 14.9 Å². The van der Waals surface area contributed by atoms with Crippen LogP contribution >= 0.6 is 0 Å². The highest BCUT2D eigenvalue weighted by atomic mass is 16.5. The van der Waals surface area contributed by atoms with Crippen LogP contribution < -0.4 is 0 Å². The number of ether oxygens (including phenoxy) is 1. The fraction of sp³-hybridized carbons (Fsp3) is 0.154. The Morgan fingerprint density at radius 3 is 2.80 bits per heavy atom. The van der Waals surface area contributed by atoms with Crippen LogP contribution in [0, 0.1) is 0 Å². The van der Waals surface area contributed by atoms with Crippen molar-refractivity contribution in [2.75, 3.05) is 6.61 Å². The third-order valence-corrected chi connectivity index (χ3v) is 2.06. The summed E-state index contributed by atoms with van der Waals surface area (Å²) in [4.78, 5) is 11.6. The average Bonchev–Trinajstić information content (AvgIpc) is 2.34. The number of hydrogen-bond donors (Lipinski definition) is 0. The van der Waals surface area contributed by atoms with Gasteiger partial charge in [0, 0.05) is 0 Å². The van der Waals surface area contributed by atoms with Gasteiger partial charge in [0.2, 0.25) is 0 Å². The minimum Gasteiger partial charge on any atom is -0.462 e. The molecule has 2 heteroatoms. The Hall–Kier alpha value is -1.83. The standard InChI is InChI=1S/C13H12O2/c1-2-15-13(14)12-8-7-10-5-3-4-6-11(10)9-12/h3-9H,2H2,1H3/i7D,9D. The first-order valence-corrected chi connectivity index (χ1v) is 4.81. The van der Waals surface area contributed by atoms with E-state index in [4.69, 9.17) is 7.48 Å². The van der Waals surface area contributed by atoms with E-state index in [0.717, 1.165) is 0 Å². The zero-order valence-corrected chi connectivity index (χ0v) is 8.41. The fourth-order valence-corrected chi connectivity index (χ4v) is 1.37. The SMILES string of the molecule is [2H]c1cc(C(=O)OCC)c([2H])c2ccccc12. The van der Waals surface area contributed by atoms with Gasteiger partial charge >= 0.3 is 5.97 Å². The van der Waals surface area contributed by atoms with E-state index in [1.165, 1.54) is 6.07 Å². The van der Waals surface area contributed by atoms with Gasteiger partial charge in [-0.3, -0.25) is 0 Å². The van der Waals surface area contributed by atoms with Crippen molar-refractivity contribution < 1.29 is 12.3 Å². The molecular formula is C13H12O2. The van der Waals surface area contributed by atoms with Gasteiger partial charge in [0.1, 0.15) is 0 Å². The molecule has 15 heavy (non-hydrogen) atoms. The van der Waals surface area contributed by atoms with E-state index >= 15 is 0 Å². The monoisotopic (exact) mass is 202 g/mol. The van der Waals surface area contributed by atoms with Gasteiger partial charge in [-0.15, -0.1) is 0 Å². The van der Waals surface area contributed by atoms with Crippen molar-refractivity contribution in [2.45, 2.75) is 6.92 Å². The Kier molecular flexibility index (Phi) is 2.05. The van der Waals surface area contributed by atoms with Crippen LogP contribution in [0.2, 0.25) is 0 Å². The van der Waals surface area contributed by atoms with Crippen LogP contribution in [0.4, 0.5) is 0 Å². The lowest BCUT2D eigenvalue weighted by Crippen LogP contribution is -2.03. The minimum absolute atomic E-state index is 0.120. The van der Waals surface area contributed by atoms with E-state index < -0.39 is 5.97 Å². The molecule has 0 N–H and O–H groups in total. The Bertz CT molecular complexity index is 579. The first kappa shape index (κ1) is 7.46. The van der Waals surface area contributed by atoms with Gasteiger partial charge in [-0.25, -0.2) is 4.79 Å². The molecule has 0 amide bonds. The maximum atomic E-state index is 11.6. The van der Waals surface area contributed by atoms with Crippen molar-refractivity contribution in [1.82, 2.24) is 0 Å². The van der Waals surface area contributed by atoms with Crippen molar-refractivity contribution in [3.63, 3.8) is 0 Å². The Labute approximate surface area is 91.3 Å². The number of benzene rings is 2. The summed E-state index contributed by atoms with van der Waals surface area (Å²) in [6.07, 6.45) is 0. The van der Waals surface area contributed by atoms with Crippen LogP contribution in [0.5, 0.6) is 0 Å². The van der Waals surface area contributed by atoms with Crippen LogP contribution in [0.25, 0.3) is 10.8 Å². The summed E-state index contributed by atoms with van der Waals surface area (Å²) in [5.41, 5.74) is 0.149. The summed E-state index contributed by atoms with van der Waals surface area (Å²) in [7, 11) is 0. The van der Waals surface area contributed by atoms with Gasteiger partial charge in [0.25, 0.3) is 0 Å². The number of carbonyl (C=O) groups excluding carboxylic acids is 1. The molecule has 0 aliphatic rings. The van der Waals surface area contributed by atoms with Crippen molar-refractivity contribution in [3.8, 4) is 0 Å². The lowest BCUT2D eigenvalue weighted by Gasteiger charge is -2.03. The molecule has 0 atom stereocenters. The third kappa shape index (κ3) is 1.99. The molecule has 2 aromatic carbocycles. The van der Waals surface area contributed by atoms with Crippen molar-refractivity contribution in [1.29, 1.82) is 0 Å². The molecule has 0 aromatic heterocycles. The molecule has 0 spiro atoms. The van der Waals surface area contributed by atoms with Crippen molar-refractivity contribution >= 4 is 16.7 Å². The maximum Gasteiger partial charge on any atom is 0.338 e. The van der Waals surface area contributed by atoms with Gasteiger partial charge in [-0.1, -0.05) is 30.3 Å². The molecule has 2 aromatic rings. The molecule has 2 rings (SSSR count). The van der Waals surface area contributed by atoms with Crippen molar-refractivity contribution in [2.24, 2.45) is 0 Å². The van der Waals surface area contributed by atoms with Gasteiger partial charge < -0.3 is 4.74 Å². The van der Waals surface area contributed by atoms with Crippen LogP contribution in [-0.2, 0) is 4.74 Å². The first-order valence-electron chi connectivity index (χ1n) is 5.81. The topological polar surface area (TPSA) is 26.3 Å². The minimum atomic E-state index is -0.545. The first-order chi connectivity index (χ1) is 8.15. The molecule has 0 fully saturated rings. The zero-order chi connectivity index (χ0) is 12.4. The highest BCUT2D eigenvalue weighted by molar-refractivity contribution is 5.95. The quantitative estimate of drug-likeness (QED) is 0.700. The summed E-state index contributed by atoms with van der Waals surface area (Å²) in [5, 5.41) is 1.27. The maximum absolute atomic E-state index is 11.6. The Morgan fingerprint density at radius 1 is 1.33 bits per heavy atom. The largest absolute Gasteiger partial charge is 0.462 e. The summed E-state index contributed by atoms with van der Waals surface area (Å²) in [5.74, 6) is -0.545. The molecule has 0 unspecified atom stereocenters. The van der Waals surface area contributed by atoms with E-state index in [1.807, 2.05) is 6.07 Å². The molecule has 0 radical (unpaired) electrons. The van der Waals surface area contributed by atoms with Crippen molar-refractivity contribution in [3.05, 3.63) is 48.0 Å². The number of hydrogen-bond acceptors (Lipinski definition) is 2. The zero-order valence-electron chi connectivity index (χ0n) is 10.4. The smallest absolute Gasteiger partial charge is 0.338 e. The van der Waals surface area contributed by atoms with Gasteiger partial charge in [0.15, 0.2) is 0 Å². The highest BCUT2D eigenvalue weighted by Crippen LogP contribution is 2.16. The summed E-state index contributed by atoms with van der Waals surface area (Å²) >= 11 is 0. The lowest BCUT2D eigenvalue weighted by atomic mass is 10.1. The number of esters is 1. The Balaban J connectivity index is 2.67. The van der Waals surface area contributed by atoms with Gasteiger partial charge in [-0.05, 0) is 29.8 Å². The molecule has 0 aliphatic heterocycles. The van der Waals surface area contributed by atoms with E-state index in [2.05, 4.69) is 0 Å². The summed E-state index contributed by atoms with van der Waals surface area (Å²) < 4.78 is 20.7. The summed E-state index contributed by atoms with van der Waals surface area (Å²) in [6.45, 7) is 1.97. The molecule has 0 bridgehead atoms. The van der Waals surface area contributed by atoms with E-state index in [0.29, 0.717) is 10.8 Å². The molecule has 2 nitrogen and oxygen atoms in total. The van der Waals surface area contributed by atoms with E-state index in [1.54, 1.807) is 25.1 Å². The Morgan fingerprint density at radius 2 is 2.07 bits per heavy atom. The molecule has 0 saturated heterocycles. The van der Waals surface area contributed by atoms with E-state index in [-0.39, 0.29) is 24.3 Å². The average molecular weight is 202 g/mol. The predicted molar refractivity (Wildman–Crippen MR) is 59.9 cm³/mol. The highest BCUT2D eigenvalue weighted by Gasteiger charge is 2.05. The normalized spacial score (nSPS) is 12.1. The number of carbonyl (C=O) groups is 1. The second kappa shape index (κ2) is 4.13. The molecular weight excluding hydrogens is 188 g/mol. The summed E-state index contributed by atoms with van der Waals surface area (Å²) in [6, 6.07) is 8.85. The van der Waals surface area contributed by atoms with Crippen LogP contribution in [-0.4, -0.2) is 12.6 Å². The second-order valence-corrected chi connectivity index (χ2v) is 3.09. The molecule has 0 heterocycles. The number of rotatable bonds is 2. The lowest BCUT2D eigenvalue weighted by molar-refractivity contribution is 0.0526. The van der Waals surface area contributed by atoms with Crippen LogP contribution in [0.1, 0.15) is 20.0 Å². The predicted octanol–water partition coefficient (Wildman–Crippen LogP) is 3.02. The van der Waals surface area contributed by atoms with E-state index in [9.17, 15) is 4.79 Å². The molecule has 0 aliphatic carbocycles. The second-order valence-electron chi connectivity index (χ2n) is 3.09. The van der Waals surface area contributed by atoms with Gasteiger partial charge in [-0.2, -0.15) is 0 Å². The fourth-order valence-electron chi connectivity index (χ4n) is 1.37. The van der Waals surface area contributed by atoms with Crippen LogP contribution in [0.3, 0.4) is 0 Å². The third-order valence-electron chi connectivity index (χ3n) is 2.06. The van der Waals surface area contributed by atoms with Crippen LogP contribution in [0.15, 0.2) is 42.4 Å².